The molecule has 22 heavy (non-hydrogen) atoms. The molecular formula is C10H11F2O8S2-. The van der Waals surface area contributed by atoms with Gasteiger partial charge in [-0.1, -0.05) is 6.92 Å². The summed E-state index contributed by atoms with van der Waals surface area (Å²) in [5.74, 6) is -2.35. The number of ether oxygens (including phenoxy) is 1. The van der Waals surface area contributed by atoms with Crippen LogP contribution in [0.3, 0.4) is 0 Å². The third kappa shape index (κ3) is 2.24. The fraction of sp³-hybridized carbons (Fsp3) is 0.900. The molecule has 3 rings (SSSR count). The minimum absolute atomic E-state index is 0.322. The first-order valence-corrected chi connectivity index (χ1v) is 8.48. The molecule has 1 aliphatic heterocycles. The number of carbonyl (C=O) groups excluding carboxylic acids is 1. The van der Waals surface area contributed by atoms with Gasteiger partial charge in [-0.3, -0.25) is 9.22 Å². The number of alkyl halides is 2. The Morgan fingerprint density at radius 1 is 1.50 bits per heavy atom. The molecule has 1 saturated heterocycles. The van der Waals surface area contributed by atoms with Crippen molar-refractivity contribution in [1.29, 1.82) is 0 Å². The zero-order valence-corrected chi connectivity index (χ0v) is 12.7. The van der Waals surface area contributed by atoms with Crippen LogP contribution in [0.25, 0.3) is 0 Å². The van der Waals surface area contributed by atoms with Crippen molar-refractivity contribution in [3.8, 4) is 0 Å². The van der Waals surface area contributed by atoms with E-state index in [1.54, 1.807) is 6.92 Å². The number of hydrogen-bond acceptors (Lipinski definition) is 9. The van der Waals surface area contributed by atoms with Gasteiger partial charge < -0.3 is 9.99 Å². The Morgan fingerprint density at radius 3 is 2.82 bits per heavy atom. The van der Waals surface area contributed by atoms with Crippen LogP contribution in [0.5, 0.6) is 0 Å². The molecule has 0 amide bonds. The van der Waals surface area contributed by atoms with Crippen molar-refractivity contribution in [2.45, 2.75) is 42.5 Å². The van der Waals surface area contributed by atoms with E-state index in [1.165, 1.54) is 0 Å². The molecular weight excluding hydrogens is 350 g/mol. The number of rotatable bonds is 5. The maximum atomic E-state index is 13.4. The molecule has 2 aliphatic carbocycles. The molecule has 2 bridgehead atoms. The predicted octanol–water partition coefficient (Wildman–Crippen LogP) is -0.110. The van der Waals surface area contributed by atoms with Gasteiger partial charge in [0.15, 0.2) is 0 Å². The molecule has 12 heteroatoms. The molecule has 0 aromatic carbocycles. The molecule has 0 spiro atoms. The second-order valence-electron chi connectivity index (χ2n) is 5.81. The summed E-state index contributed by atoms with van der Waals surface area (Å²) in [5.41, 5.74) is -0.745. The molecule has 3 aliphatic rings. The number of hydrogen-bond donors (Lipinski definition) is 0. The maximum absolute atomic E-state index is 13.4. The van der Waals surface area contributed by atoms with Crippen LogP contribution in [0.2, 0.25) is 0 Å². The summed E-state index contributed by atoms with van der Waals surface area (Å²) in [6, 6.07) is 0. The third-order valence-corrected chi connectivity index (χ3v) is 7.00. The fourth-order valence-electron chi connectivity index (χ4n) is 3.80. The SMILES string of the molecule is CC12CC3CC1OS(=O)(=O)C2C3OC(=O)C(F)(F)SOO[O-]. The van der Waals surface area contributed by atoms with Gasteiger partial charge in [0, 0.05) is 11.3 Å². The van der Waals surface area contributed by atoms with E-state index in [4.69, 9.17) is 8.92 Å². The molecule has 2 saturated carbocycles. The van der Waals surface area contributed by atoms with Crippen molar-refractivity contribution >= 4 is 28.1 Å². The molecule has 0 N–H and O–H groups in total. The molecule has 8 nitrogen and oxygen atoms in total. The highest BCUT2D eigenvalue weighted by Gasteiger charge is 2.73. The topological polar surface area (TPSA) is 111 Å². The third-order valence-electron chi connectivity index (χ3n) is 4.58. The summed E-state index contributed by atoms with van der Waals surface area (Å²) in [4.78, 5) is 11.5. The zero-order chi connectivity index (χ0) is 16.3. The van der Waals surface area contributed by atoms with Gasteiger partial charge in [0.25, 0.3) is 10.1 Å². The largest absolute Gasteiger partial charge is 0.691 e. The van der Waals surface area contributed by atoms with Crippen molar-refractivity contribution < 1.29 is 45.5 Å². The van der Waals surface area contributed by atoms with Crippen LogP contribution >= 0.6 is 12.0 Å². The van der Waals surface area contributed by atoms with Crippen LogP contribution in [-0.4, -0.2) is 37.1 Å². The lowest BCUT2D eigenvalue weighted by Gasteiger charge is -2.30. The number of fused-ring (bicyclic) bond motifs is 1. The first-order chi connectivity index (χ1) is 10.1. The highest BCUT2D eigenvalue weighted by Crippen LogP contribution is 2.63. The molecule has 0 radical (unpaired) electrons. The standard InChI is InChI=1S/C10H12F2O8S2/c1-9-3-4-2-5(9)18-22(15,16)7(9)6(4)17-8(13)10(11,12)21-20-19-14/h4-7,14H,2-3H2,1H3/p-1. The van der Waals surface area contributed by atoms with Gasteiger partial charge >= 0.3 is 11.2 Å². The van der Waals surface area contributed by atoms with Gasteiger partial charge in [-0.25, -0.2) is 4.79 Å². The Labute approximate surface area is 128 Å². The zero-order valence-electron chi connectivity index (χ0n) is 11.1. The average molecular weight is 361 g/mol. The molecule has 126 valence electrons. The van der Waals surface area contributed by atoms with Crippen LogP contribution in [0.4, 0.5) is 8.78 Å². The van der Waals surface area contributed by atoms with Crippen LogP contribution in [-0.2, 0) is 33.2 Å². The summed E-state index contributed by atoms with van der Waals surface area (Å²) >= 11 is -0.815. The summed E-state index contributed by atoms with van der Waals surface area (Å²) in [7, 11) is -3.98. The van der Waals surface area contributed by atoms with E-state index in [0.29, 0.717) is 12.8 Å². The Morgan fingerprint density at radius 2 is 2.18 bits per heavy atom. The lowest BCUT2D eigenvalue weighted by atomic mass is 9.82. The predicted molar refractivity (Wildman–Crippen MR) is 63.0 cm³/mol. The molecule has 5 atom stereocenters. The summed E-state index contributed by atoms with van der Waals surface area (Å²) in [6.45, 7) is 1.68. The average Bonchev–Trinajstić information content (AvgIpc) is 2.89. The van der Waals surface area contributed by atoms with Gasteiger partial charge in [0.05, 0.1) is 6.10 Å². The lowest BCUT2D eigenvalue weighted by molar-refractivity contribution is -0.777. The van der Waals surface area contributed by atoms with Crippen molar-refractivity contribution in [3.63, 3.8) is 0 Å². The van der Waals surface area contributed by atoms with E-state index in [2.05, 4.69) is 9.37 Å². The number of carbonyl (C=O) groups is 1. The van der Waals surface area contributed by atoms with E-state index in [0.717, 1.165) is 0 Å². The summed E-state index contributed by atoms with van der Waals surface area (Å²) in [5, 5.41) is 6.95. The number of halogens is 2. The van der Waals surface area contributed by atoms with Gasteiger partial charge in [-0.2, -0.15) is 21.5 Å². The molecule has 3 fully saturated rings. The van der Waals surface area contributed by atoms with Gasteiger partial charge in [0.1, 0.15) is 23.4 Å². The second-order valence-corrected chi connectivity index (χ2v) is 8.31. The molecule has 0 aromatic rings. The second kappa shape index (κ2) is 4.98. The quantitative estimate of drug-likeness (QED) is 0.218. The van der Waals surface area contributed by atoms with Crippen LogP contribution < -0.4 is 5.26 Å². The van der Waals surface area contributed by atoms with E-state index in [9.17, 15) is 27.3 Å². The van der Waals surface area contributed by atoms with Crippen molar-refractivity contribution in [1.82, 2.24) is 0 Å². The monoisotopic (exact) mass is 361 g/mol. The van der Waals surface area contributed by atoms with E-state index in [-0.39, 0.29) is 5.92 Å². The Kier molecular flexibility index (Phi) is 3.70. The fourth-order valence-corrected chi connectivity index (χ4v) is 6.29. The van der Waals surface area contributed by atoms with Gasteiger partial charge in [0.2, 0.25) is 0 Å². The Balaban J connectivity index is 1.78. The highest BCUT2D eigenvalue weighted by atomic mass is 32.2. The van der Waals surface area contributed by atoms with Crippen molar-refractivity contribution in [2.75, 3.05) is 0 Å². The maximum Gasteiger partial charge on any atom is 0.415 e. The van der Waals surface area contributed by atoms with Crippen LogP contribution in [0.1, 0.15) is 19.8 Å². The van der Waals surface area contributed by atoms with Crippen LogP contribution in [0.15, 0.2) is 0 Å². The summed E-state index contributed by atoms with van der Waals surface area (Å²) in [6.07, 6.45) is -0.975. The first kappa shape index (κ1) is 16.3. The van der Waals surface area contributed by atoms with Crippen molar-refractivity contribution in [3.05, 3.63) is 0 Å². The summed E-state index contributed by atoms with van der Waals surface area (Å²) < 4.78 is 64.0. The molecule has 1 heterocycles. The molecule has 0 aromatic heterocycles. The van der Waals surface area contributed by atoms with E-state index < -0.39 is 56.3 Å². The lowest BCUT2D eigenvalue weighted by Crippen LogP contribution is -2.46. The van der Waals surface area contributed by atoms with Gasteiger partial charge in [-0.05, 0) is 12.8 Å². The Hall–Kier alpha value is -0.530. The minimum Gasteiger partial charge on any atom is -0.691 e. The molecule has 5 unspecified atom stereocenters. The van der Waals surface area contributed by atoms with Gasteiger partial charge in [-0.15, -0.1) is 0 Å². The Bertz CT molecular complexity index is 596. The van der Waals surface area contributed by atoms with Crippen LogP contribution in [0, 0.1) is 11.3 Å². The highest BCUT2D eigenvalue weighted by molar-refractivity contribution is 7.96. The smallest absolute Gasteiger partial charge is 0.415 e. The van der Waals surface area contributed by atoms with E-state index in [1.807, 2.05) is 0 Å². The number of esters is 1. The first-order valence-electron chi connectivity index (χ1n) is 6.27. The van der Waals surface area contributed by atoms with Crippen molar-refractivity contribution in [2.24, 2.45) is 11.3 Å². The minimum atomic E-state index is -4.20. The van der Waals surface area contributed by atoms with E-state index >= 15 is 0 Å². The normalized spacial score (nSPS) is 41.8.